The van der Waals surface area contributed by atoms with E-state index in [1.54, 1.807) is 4.90 Å². The van der Waals surface area contributed by atoms with Crippen LogP contribution in [0.2, 0.25) is 0 Å². The summed E-state index contributed by atoms with van der Waals surface area (Å²) in [6.07, 6.45) is 1.61. The van der Waals surface area contributed by atoms with E-state index in [0.29, 0.717) is 26.2 Å². The minimum absolute atomic E-state index is 0.223. The second-order valence-corrected chi connectivity index (χ2v) is 4.38. The Bertz CT molecular complexity index is 413. The minimum Gasteiger partial charge on any atom is -0.450 e. The van der Waals surface area contributed by atoms with Gasteiger partial charge in [0.2, 0.25) is 0 Å². The fourth-order valence-corrected chi connectivity index (χ4v) is 2.09. The topological polar surface area (TPSA) is 71.7 Å². The first kappa shape index (κ1) is 13.6. The molecule has 1 aliphatic heterocycles. The molecule has 0 spiro atoms. The molecule has 0 aliphatic carbocycles. The third-order valence-electron chi connectivity index (χ3n) is 3.19. The van der Waals surface area contributed by atoms with Gasteiger partial charge in [0.05, 0.1) is 24.2 Å². The standard InChI is InChI=1S/C13H20N4O2/c1-2-19-13(18)17-7-5-16(6-8-17)12-4-3-11(9-14)15-10-12/h3-4,10H,2,5-9,14H2,1H3. The second kappa shape index (κ2) is 6.38. The van der Waals surface area contributed by atoms with Crippen LogP contribution < -0.4 is 10.6 Å². The zero-order chi connectivity index (χ0) is 13.7. The normalized spacial score (nSPS) is 15.5. The van der Waals surface area contributed by atoms with Crippen molar-refractivity contribution in [2.24, 2.45) is 5.73 Å². The number of aromatic nitrogens is 1. The lowest BCUT2D eigenvalue weighted by molar-refractivity contribution is 0.105. The highest BCUT2D eigenvalue weighted by molar-refractivity contribution is 5.68. The first-order valence-corrected chi connectivity index (χ1v) is 6.56. The Morgan fingerprint density at radius 1 is 1.37 bits per heavy atom. The Hall–Kier alpha value is -1.82. The third kappa shape index (κ3) is 3.35. The van der Waals surface area contributed by atoms with Gasteiger partial charge in [-0.15, -0.1) is 0 Å². The van der Waals surface area contributed by atoms with Crippen molar-refractivity contribution in [1.82, 2.24) is 9.88 Å². The first-order chi connectivity index (χ1) is 9.24. The summed E-state index contributed by atoms with van der Waals surface area (Å²) in [6.45, 7) is 5.64. The molecule has 2 heterocycles. The lowest BCUT2D eigenvalue weighted by Gasteiger charge is -2.35. The minimum atomic E-state index is -0.223. The van der Waals surface area contributed by atoms with Gasteiger partial charge in [-0.1, -0.05) is 0 Å². The van der Waals surface area contributed by atoms with Crippen molar-refractivity contribution in [2.45, 2.75) is 13.5 Å². The van der Waals surface area contributed by atoms with E-state index in [4.69, 9.17) is 10.5 Å². The molecule has 0 saturated carbocycles. The molecule has 2 N–H and O–H groups in total. The SMILES string of the molecule is CCOC(=O)N1CCN(c2ccc(CN)nc2)CC1. The largest absolute Gasteiger partial charge is 0.450 e. The molecule has 0 radical (unpaired) electrons. The van der Waals surface area contributed by atoms with Gasteiger partial charge in [0.15, 0.2) is 0 Å². The number of hydrogen-bond acceptors (Lipinski definition) is 5. The molecule has 1 aromatic rings. The molecule has 6 heteroatoms. The zero-order valence-electron chi connectivity index (χ0n) is 11.2. The summed E-state index contributed by atoms with van der Waals surface area (Å²) >= 11 is 0. The van der Waals surface area contributed by atoms with Crippen LogP contribution in [0.5, 0.6) is 0 Å². The molecule has 1 fully saturated rings. The van der Waals surface area contributed by atoms with Gasteiger partial charge in [-0.25, -0.2) is 4.79 Å². The summed E-state index contributed by atoms with van der Waals surface area (Å²) in [5.74, 6) is 0. The molecule has 0 bridgehead atoms. The Morgan fingerprint density at radius 2 is 2.11 bits per heavy atom. The fraction of sp³-hybridized carbons (Fsp3) is 0.538. The number of carbonyl (C=O) groups excluding carboxylic acids is 1. The van der Waals surface area contributed by atoms with Crippen molar-refractivity contribution in [3.05, 3.63) is 24.0 Å². The van der Waals surface area contributed by atoms with Gasteiger partial charge in [-0.3, -0.25) is 4.98 Å². The van der Waals surface area contributed by atoms with Crippen molar-refractivity contribution < 1.29 is 9.53 Å². The van der Waals surface area contributed by atoms with Crippen LogP contribution >= 0.6 is 0 Å². The molecule has 1 amide bonds. The van der Waals surface area contributed by atoms with Gasteiger partial charge in [0.1, 0.15) is 0 Å². The van der Waals surface area contributed by atoms with E-state index in [2.05, 4.69) is 9.88 Å². The highest BCUT2D eigenvalue weighted by atomic mass is 16.6. The van der Waals surface area contributed by atoms with E-state index in [-0.39, 0.29) is 6.09 Å². The van der Waals surface area contributed by atoms with E-state index in [1.807, 2.05) is 25.3 Å². The van der Waals surface area contributed by atoms with Crippen LogP contribution in [0.4, 0.5) is 10.5 Å². The summed E-state index contributed by atoms with van der Waals surface area (Å²) in [4.78, 5) is 19.8. The van der Waals surface area contributed by atoms with Crippen LogP contribution in [0.3, 0.4) is 0 Å². The summed E-state index contributed by atoms with van der Waals surface area (Å²) < 4.78 is 4.99. The quantitative estimate of drug-likeness (QED) is 0.875. The molecule has 6 nitrogen and oxygen atoms in total. The number of amides is 1. The third-order valence-corrected chi connectivity index (χ3v) is 3.19. The molecule has 1 saturated heterocycles. The summed E-state index contributed by atoms with van der Waals surface area (Å²) in [5, 5.41) is 0. The number of nitrogens with zero attached hydrogens (tertiary/aromatic N) is 3. The van der Waals surface area contributed by atoms with Gasteiger partial charge in [-0.2, -0.15) is 0 Å². The van der Waals surface area contributed by atoms with Crippen LogP contribution in [-0.4, -0.2) is 48.8 Å². The van der Waals surface area contributed by atoms with Crippen LogP contribution in [-0.2, 0) is 11.3 Å². The molecule has 104 valence electrons. The second-order valence-electron chi connectivity index (χ2n) is 4.38. The maximum Gasteiger partial charge on any atom is 0.409 e. The van der Waals surface area contributed by atoms with E-state index in [9.17, 15) is 4.79 Å². The van der Waals surface area contributed by atoms with Crippen molar-refractivity contribution in [2.75, 3.05) is 37.7 Å². The summed E-state index contributed by atoms with van der Waals surface area (Å²) in [7, 11) is 0. The highest BCUT2D eigenvalue weighted by Crippen LogP contribution is 2.15. The number of piperazine rings is 1. The number of rotatable bonds is 3. The average molecular weight is 264 g/mol. The molecular formula is C13H20N4O2. The zero-order valence-corrected chi connectivity index (χ0v) is 11.2. The molecule has 19 heavy (non-hydrogen) atoms. The number of ether oxygens (including phenoxy) is 1. The first-order valence-electron chi connectivity index (χ1n) is 6.56. The molecule has 1 aliphatic rings. The van der Waals surface area contributed by atoms with Gasteiger partial charge < -0.3 is 20.3 Å². The van der Waals surface area contributed by atoms with Gasteiger partial charge in [-0.05, 0) is 19.1 Å². The summed E-state index contributed by atoms with van der Waals surface area (Å²) in [5.41, 5.74) is 7.48. The van der Waals surface area contributed by atoms with Crippen molar-refractivity contribution >= 4 is 11.8 Å². The van der Waals surface area contributed by atoms with Gasteiger partial charge in [0.25, 0.3) is 0 Å². The molecule has 0 aromatic carbocycles. The van der Waals surface area contributed by atoms with Gasteiger partial charge in [0, 0.05) is 32.7 Å². The monoisotopic (exact) mass is 264 g/mol. The number of carbonyl (C=O) groups is 1. The van der Waals surface area contributed by atoms with Crippen LogP contribution in [0.15, 0.2) is 18.3 Å². The maximum absolute atomic E-state index is 11.6. The lowest BCUT2D eigenvalue weighted by Crippen LogP contribution is -2.49. The Morgan fingerprint density at radius 3 is 2.63 bits per heavy atom. The average Bonchev–Trinajstić information content (AvgIpc) is 2.48. The van der Waals surface area contributed by atoms with Crippen LogP contribution in [0.25, 0.3) is 0 Å². The smallest absolute Gasteiger partial charge is 0.409 e. The number of nitrogens with two attached hydrogens (primary N) is 1. The van der Waals surface area contributed by atoms with Crippen molar-refractivity contribution in [3.8, 4) is 0 Å². The van der Waals surface area contributed by atoms with Crippen LogP contribution in [0.1, 0.15) is 12.6 Å². The number of anilines is 1. The summed E-state index contributed by atoms with van der Waals surface area (Å²) in [6, 6.07) is 3.96. The van der Waals surface area contributed by atoms with E-state index >= 15 is 0 Å². The number of hydrogen-bond donors (Lipinski definition) is 1. The highest BCUT2D eigenvalue weighted by Gasteiger charge is 2.21. The van der Waals surface area contributed by atoms with Crippen molar-refractivity contribution in [3.63, 3.8) is 0 Å². The molecule has 2 rings (SSSR count). The molecule has 1 aromatic heterocycles. The lowest BCUT2D eigenvalue weighted by atomic mass is 10.2. The fourth-order valence-electron chi connectivity index (χ4n) is 2.09. The molecule has 0 unspecified atom stereocenters. The molecular weight excluding hydrogens is 244 g/mol. The number of pyridine rings is 1. The van der Waals surface area contributed by atoms with Gasteiger partial charge >= 0.3 is 6.09 Å². The van der Waals surface area contributed by atoms with Crippen LogP contribution in [0, 0.1) is 0 Å². The van der Waals surface area contributed by atoms with Crippen molar-refractivity contribution in [1.29, 1.82) is 0 Å². The maximum atomic E-state index is 11.6. The molecule has 0 atom stereocenters. The van der Waals surface area contributed by atoms with E-state index in [1.165, 1.54) is 0 Å². The van der Waals surface area contributed by atoms with E-state index in [0.717, 1.165) is 24.5 Å². The Labute approximate surface area is 113 Å². The predicted molar refractivity (Wildman–Crippen MR) is 72.9 cm³/mol. The Kier molecular flexibility index (Phi) is 4.57. The predicted octanol–water partition coefficient (Wildman–Crippen LogP) is 0.819. The Balaban J connectivity index is 1.90. The van der Waals surface area contributed by atoms with E-state index < -0.39 is 0 Å².